The average Bonchev–Trinajstić information content (AvgIpc) is 2.72. The molecule has 0 amide bonds. The van der Waals surface area contributed by atoms with Crippen molar-refractivity contribution in [3.8, 4) is 0 Å². The quantitative estimate of drug-likeness (QED) is 0.824. The second kappa shape index (κ2) is 4.81. The van der Waals surface area contributed by atoms with E-state index in [-0.39, 0.29) is 0 Å². The van der Waals surface area contributed by atoms with Gasteiger partial charge in [-0.1, -0.05) is 0 Å². The van der Waals surface area contributed by atoms with Crippen molar-refractivity contribution in [2.24, 2.45) is 0 Å². The second-order valence-corrected chi connectivity index (χ2v) is 5.78. The number of hydrogen-bond donors (Lipinski definition) is 1. The molecule has 5 nitrogen and oxygen atoms in total. The number of nitrogens with zero attached hydrogens (tertiary/aromatic N) is 2. The topological polar surface area (TPSA) is 62.7 Å². The van der Waals surface area contributed by atoms with E-state index in [2.05, 4.69) is 4.98 Å². The van der Waals surface area contributed by atoms with Crippen LogP contribution in [0.5, 0.6) is 0 Å². The van der Waals surface area contributed by atoms with Gasteiger partial charge in [0, 0.05) is 19.2 Å². The normalized spacial score (nSPS) is 23.5. The number of ether oxygens (including phenoxy) is 1. The van der Waals surface area contributed by atoms with E-state index in [1.54, 1.807) is 44.1 Å². The zero-order valence-corrected chi connectivity index (χ0v) is 11.6. The van der Waals surface area contributed by atoms with Crippen molar-refractivity contribution in [2.45, 2.75) is 44.9 Å². The van der Waals surface area contributed by atoms with Crippen molar-refractivity contribution >= 4 is 11.7 Å². The fourth-order valence-electron chi connectivity index (χ4n) is 2.23. The van der Waals surface area contributed by atoms with Gasteiger partial charge in [0.1, 0.15) is 5.60 Å². The van der Waals surface area contributed by atoms with Crippen LogP contribution in [0.3, 0.4) is 0 Å². The number of aliphatic hydroxyl groups is 1. The highest BCUT2D eigenvalue weighted by molar-refractivity contribution is 5.84. The summed E-state index contributed by atoms with van der Waals surface area (Å²) in [6, 6.07) is 3.61. The van der Waals surface area contributed by atoms with Crippen molar-refractivity contribution in [1.29, 1.82) is 0 Å². The third-order valence-electron chi connectivity index (χ3n) is 3.04. The van der Waals surface area contributed by atoms with Crippen LogP contribution in [-0.4, -0.2) is 33.9 Å². The van der Waals surface area contributed by atoms with Crippen LogP contribution < -0.4 is 4.90 Å². The highest BCUT2D eigenvalue weighted by Gasteiger charge is 2.48. The maximum absolute atomic E-state index is 12.2. The number of carbonyl (C=O) groups is 1. The molecule has 0 spiro atoms. The van der Waals surface area contributed by atoms with Gasteiger partial charge >= 0.3 is 5.97 Å². The van der Waals surface area contributed by atoms with Gasteiger partial charge in [0.25, 0.3) is 0 Å². The van der Waals surface area contributed by atoms with Crippen molar-refractivity contribution in [3.63, 3.8) is 0 Å². The summed E-state index contributed by atoms with van der Waals surface area (Å²) in [5, 5.41) is 10.7. The lowest BCUT2D eigenvalue weighted by Crippen LogP contribution is -2.53. The SMILES string of the molecule is CC(C)(C)OC(=O)C1(O)CCCN1c1cccnc1. The molecule has 2 heterocycles. The van der Waals surface area contributed by atoms with E-state index in [4.69, 9.17) is 4.74 Å². The van der Waals surface area contributed by atoms with Crippen LogP contribution in [0, 0.1) is 0 Å². The Hall–Kier alpha value is -1.62. The maximum Gasteiger partial charge on any atom is 0.360 e. The highest BCUT2D eigenvalue weighted by atomic mass is 16.6. The molecule has 0 saturated carbocycles. The van der Waals surface area contributed by atoms with Crippen LogP contribution in [0.4, 0.5) is 5.69 Å². The minimum absolute atomic E-state index is 0.372. The Labute approximate surface area is 113 Å². The summed E-state index contributed by atoms with van der Waals surface area (Å²) in [5.74, 6) is -0.596. The Balaban J connectivity index is 2.24. The summed E-state index contributed by atoms with van der Waals surface area (Å²) in [6.07, 6.45) is 4.41. The summed E-state index contributed by atoms with van der Waals surface area (Å²) in [5.41, 5.74) is -1.47. The second-order valence-electron chi connectivity index (χ2n) is 5.78. The Bertz CT molecular complexity index is 456. The van der Waals surface area contributed by atoms with E-state index in [9.17, 15) is 9.90 Å². The van der Waals surface area contributed by atoms with E-state index in [1.165, 1.54) is 0 Å². The van der Waals surface area contributed by atoms with Crippen LogP contribution in [0.25, 0.3) is 0 Å². The molecule has 0 radical (unpaired) electrons. The number of rotatable bonds is 2. The molecule has 1 atom stereocenters. The van der Waals surface area contributed by atoms with Crippen molar-refractivity contribution in [1.82, 2.24) is 4.98 Å². The first-order valence-corrected chi connectivity index (χ1v) is 6.46. The largest absolute Gasteiger partial charge is 0.456 e. The van der Waals surface area contributed by atoms with E-state index in [0.29, 0.717) is 13.0 Å². The Morgan fingerprint density at radius 2 is 2.26 bits per heavy atom. The molecule has 104 valence electrons. The zero-order valence-electron chi connectivity index (χ0n) is 11.6. The first-order valence-electron chi connectivity index (χ1n) is 6.46. The predicted molar refractivity (Wildman–Crippen MR) is 71.6 cm³/mol. The van der Waals surface area contributed by atoms with Crippen LogP contribution in [0.1, 0.15) is 33.6 Å². The van der Waals surface area contributed by atoms with Crippen molar-refractivity contribution in [2.75, 3.05) is 11.4 Å². The molecule has 2 rings (SSSR count). The summed E-state index contributed by atoms with van der Waals surface area (Å²) < 4.78 is 5.33. The summed E-state index contributed by atoms with van der Waals surface area (Å²) in [4.78, 5) is 17.9. The Kier molecular flexibility index (Phi) is 3.49. The van der Waals surface area contributed by atoms with E-state index in [1.807, 2.05) is 6.07 Å². The van der Waals surface area contributed by atoms with Gasteiger partial charge in [-0.15, -0.1) is 0 Å². The third-order valence-corrected chi connectivity index (χ3v) is 3.04. The van der Waals surface area contributed by atoms with Gasteiger partial charge in [-0.25, -0.2) is 4.79 Å². The van der Waals surface area contributed by atoms with Gasteiger partial charge in [-0.3, -0.25) is 4.98 Å². The summed E-state index contributed by atoms with van der Waals surface area (Å²) >= 11 is 0. The fraction of sp³-hybridized carbons (Fsp3) is 0.571. The number of hydrogen-bond acceptors (Lipinski definition) is 5. The van der Waals surface area contributed by atoms with E-state index < -0.39 is 17.3 Å². The summed E-state index contributed by atoms with van der Waals surface area (Å²) in [6.45, 7) is 5.98. The molecule has 1 saturated heterocycles. The lowest BCUT2D eigenvalue weighted by Gasteiger charge is -2.35. The van der Waals surface area contributed by atoms with Crippen molar-refractivity contribution < 1.29 is 14.6 Å². The van der Waals surface area contributed by atoms with Gasteiger partial charge in [0.2, 0.25) is 5.72 Å². The van der Waals surface area contributed by atoms with Gasteiger partial charge in [0.05, 0.1) is 11.9 Å². The molecule has 0 aliphatic carbocycles. The number of anilines is 1. The smallest absolute Gasteiger partial charge is 0.360 e. The average molecular weight is 264 g/mol. The molecule has 1 N–H and O–H groups in total. The van der Waals surface area contributed by atoms with Crippen molar-refractivity contribution in [3.05, 3.63) is 24.5 Å². The van der Waals surface area contributed by atoms with Crippen LogP contribution in [-0.2, 0) is 9.53 Å². The molecular weight excluding hydrogens is 244 g/mol. The lowest BCUT2D eigenvalue weighted by molar-refractivity contribution is -0.175. The fourth-order valence-corrected chi connectivity index (χ4v) is 2.23. The van der Waals surface area contributed by atoms with E-state index in [0.717, 1.165) is 12.1 Å². The number of carbonyl (C=O) groups excluding carboxylic acids is 1. The molecule has 0 aromatic carbocycles. The highest BCUT2D eigenvalue weighted by Crippen LogP contribution is 2.33. The maximum atomic E-state index is 12.2. The lowest BCUT2D eigenvalue weighted by atomic mass is 10.1. The predicted octanol–water partition coefficient (Wildman–Crippen LogP) is 1.71. The summed E-state index contributed by atoms with van der Waals surface area (Å²) in [7, 11) is 0. The third kappa shape index (κ3) is 2.87. The van der Waals surface area contributed by atoms with Gasteiger partial charge in [-0.2, -0.15) is 0 Å². The monoisotopic (exact) mass is 264 g/mol. The molecule has 1 aromatic heterocycles. The minimum atomic E-state index is -1.59. The number of pyridine rings is 1. The molecule has 19 heavy (non-hydrogen) atoms. The van der Waals surface area contributed by atoms with Crippen LogP contribution in [0.15, 0.2) is 24.5 Å². The minimum Gasteiger partial charge on any atom is -0.456 e. The van der Waals surface area contributed by atoms with E-state index >= 15 is 0 Å². The van der Waals surface area contributed by atoms with Gasteiger partial charge < -0.3 is 14.7 Å². The zero-order chi connectivity index (χ0) is 14.1. The molecule has 5 heteroatoms. The first kappa shape index (κ1) is 13.8. The standard InChI is InChI=1S/C14H20N2O3/c1-13(2,3)19-12(17)14(18)7-5-9-16(14)11-6-4-8-15-10-11/h4,6,8,10,18H,5,7,9H2,1-3H3. The number of aromatic nitrogens is 1. The molecule has 1 aliphatic rings. The Morgan fingerprint density at radius 1 is 1.53 bits per heavy atom. The van der Waals surface area contributed by atoms with Crippen LogP contribution in [0.2, 0.25) is 0 Å². The Morgan fingerprint density at radius 3 is 2.84 bits per heavy atom. The molecular formula is C14H20N2O3. The molecule has 1 aromatic rings. The molecule has 1 unspecified atom stereocenters. The number of esters is 1. The molecule has 1 aliphatic heterocycles. The van der Waals surface area contributed by atoms with Gasteiger partial charge in [-0.05, 0) is 39.3 Å². The first-order chi connectivity index (χ1) is 8.83. The van der Waals surface area contributed by atoms with Crippen LogP contribution >= 0.6 is 0 Å². The van der Waals surface area contributed by atoms with Gasteiger partial charge in [0.15, 0.2) is 0 Å². The molecule has 1 fully saturated rings. The molecule has 0 bridgehead atoms.